The summed E-state index contributed by atoms with van der Waals surface area (Å²) in [7, 11) is -7.49. The summed E-state index contributed by atoms with van der Waals surface area (Å²) >= 11 is 0. The number of hydrogen-bond acceptors (Lipinski definition) is 5. The highest BCUT2D eigenvalue weighted by molar-refractivity contribution is 7.92. The fraction of sp³-hybridized carbons (Fsp3) is 0.571. The zero-order valence-electron chi connectivity index (χ0n) is 13.5. The molecular formula is C14H21ClFN3O4S2. The molecule has 0 spiro atoms. The van der Waals surface area contributed by atoms with Gasteiger partial charge < -0.3 is 5.32 Å². The van der Waals surface area contributed by atoms with Gasteiger partial charge in [-0.1, -0.05) is 0 Å². The minimum absolute atomic E-state index is 0. The average molecular weight is 414 g/mol. The first kappa shape index (κ1) is 20.4. The molecule has 0 radical (unpaired) electrons. The van der Waals surface area contributed by atoms with Gasteiger partial charge in [-0.25, -0.2) is 25.9 Å². The van der Waals surface area contributed by atoms with Crippen molar-refractivity contribution >= 4 is 38.1 Å². The van der Waals surface area contributed by atoms with Gasteiger partial charge in [0.2, 0.25) is 20.0 Å². The van der Waals surface area contributed by atoms with Crippen molar-refractivity contribution < 1.29 is 21.2 Å². The van der Waals surface area contributed by atoms with E-state index >= 15 is 0 Å². The van der Waals surface area contributed by atoms with Crippen LogP contribution in [0.5, 0.6) is 0 Å². The summed E-state index contributed by atoms with van der Waals surface area (Å²) < 4.78 is 65.8. The largest absolute Gasteiger partial charge is 0.311 e. The van der Waals surface area contributed by atoms with E-state index in [4.69, 9.17) is 0 Å². The second-order valence-corrected chi connectivity index (χ2v) is 9.91. The molecule has 11 heteroatoms. The van der Waals surface area contributed by atoms with E-state index in [2.05, 4.69) is 10.0 Å². The molecule has 1 aromatic carbocycles. The number of piperidine rings is 1. The molecule has 2 aliphatic heterocycles. The van der Waals surface area contributed by atoms with Crippen LogP contribution in [0.1, 0.15) is 25.7 Å². The zero-order valence-corrected chi connectivity index (χ0v) is 16.0. The monoisotopic (exact) mass is 413 g/mol. The van der Waals surface area contributed by atoms with Crippen LogP contribution >= 0.6 is 12.4 Å². The molecule has 25 heavy (non-hydrogen) atoms. The topological polar surface area (TPSA) is 104 Å². The molecule has 0 aliphatic carbocycles. The number of sulfonamides is 2. The van der Waals surface area contributed by atoms with Crippen LogP contribution < -0.4 is 14.8 Å². The number of fused-ring (bicyclic) bond motifs is 2. The molecule has 2 fully saturated rings. The van der Waals surface area contributed by atoms with Crippen LogP contribution in [0.4, 0.5) is 10.1 Å². The van der Waals surface area contributed by atoms with Gasteiger partial charge in [-0.2, -0.15) is 0 Å². The lowest BCUT2D eigenvalue weighted by Gasteiger charge is -2.29. The Morgan fingerprint density at radius 3 is 2.24 bits per heavy atom. The predicted molar refractivity (Wildman–Crippen MR) is 95.4 cm³/mol. The molecular weight excluding hydrogens is 393 g/mol. The number of anilines is 1. The summed E-state index contributed by atoms with van der Waals surface area (Å²) in [5.41, 5.74) is -0.281. The third-order valence-corrected chi connectivity index (χ3v) is 6.45. The van der Waals surface area contributed by atoms with Crippen molar-refractivity contribution in [2.24, 2.45) is 0 Å². The van der Waals surface area contributed by atoms with Crippen molar-refractivity contribution in [3.8, 4) is 0 Å². The lowest BCUT2D eigenvalue weighted by Crippen LogP contribution is -2.47. The van der Waals surface area contributed by atoms with Gasteiger partial charge >= 0.3 is 0 Å². The van der Waals surface area contributed by atoms with E-state index < -0.39 is 25.9 Å². The third-order valence-electron chi connectivity index (χ3n) is 4.34. The van der Waals surface area contributed by atoms with E-state index in [1.165, 1.54) is 6.07 Å². The van der Waals surface area contributed by atoms with Crippen molar-refractivity contribution in [3.05, 3.63) is 24.0 Å². The molecule has 0 aromatic heterocycles. The first-order valence-electron chi connectivity index (χ1n) is 7.68. The molecule has 2 aliphatic rings. The summed E-state index contributed by atoms with van der Waals surface area (Å²) in [4.78, 5) is -0.218. The average Bonchev–Trinajstić information content (AvgIpc) is 2.78. The van der Waals surface area contributed by atoms with Gasteiger partial charge in [0.25, 0.3) is 0 Å². The van der Waals surface area contributed by atoms with Gasteiger partial charge in [0.05, 0.1) is 16.8 Å². The smallest absolute Gasteiger partial charge is 0.240 e. The van der Waals surface area contributed by atoms with Crippen LogP contribution in [0.2, 0.25) is 0 Å². The van der Waals surface area contributed by atoms with Gasteiger partial charge in [-0.3, -0.25) is 4.72 Å². The van der Waals surface area contributed by atoms with Crippen molar-refractivity contribution in [1.29, 1.82) is 0 Å². The van der Waals surface area contributed by atoms with Crippen LogP contribution in [-0.2, 0) is 20.0 Å². The van der Waals surface area contributed by atoms with Crippen LogP contribution in [0.3, 0.4) is 0 Å². The Hall–Kier alpha value is -0.940. The fourth-order valence-electron chi connectivity index (χ4n) is 3.39. The number of hydrogen-bond donors (Lipinski definition) is 3. The van der Waals surface area contributed by atoms with E-state index in [0.29, 0.717) is 24.9 Å². The van der Waals surface area contributed by atoms with Crippen LogP contribution in [0, 0.1) is 5.82 Å². The van der Waals surface area contributed by atoms with Crippen molar-refractivity contribution in [2.45, 2.75) is 48.7 Å². The normalized spacial score (nSPS) is 26.1. The predicted octanol–water partition coefficient (Wildman–Crippen LogP) is 1.18. The molecule has 2 heterocycles. The van der Waals surface area contributed by atoms with Gasteiger partial charge in [-0.05, 0) is 43.9 Å². The Morgan fingerprint density at radius 2 is 1.72 bits per heavy atom. The van der Waals surface area contributed by atoms with E-state index in [1.54, 1.807) is 0 Å². The molecule has 7 nitrogen and oxygen atoms in total. The van der Waals surface area contributed by atoms with Gasteiger partial charge in [-0.15, -0.1) is 12.4 Å². The Labute approximate surface area is 153 Å². The molecule has 2 unspecified atom stereocenters. The van der Waals surface area contributed by atoms with Crippen LogP contribution in [0.25, 0.3) is 0 Å². The second-order valence-electron chi connectivity index (χ2n) is 6.44. The third kappa shape index (κ3) is 5.04. The number of nitrogens with one attached hydrogen (secondary N) is 3. The molecule has 3 rings (SSSR count). The van der Waals surface area contributed by atoms with Gasteiger partial charge in [0.1, 0.15) is 5.82 Å². The first-order valence-corrected chi connectivity index (χ1v) is 11.1. The minimum Gasteiger partial charge on any atom is -0.311 e. The van der Waals surface area contributed by atoms with Gasteiger partial charge in [0.15, 0.2) is 0 Å². The molecule has 0 saturated carbocycles. The SMILES string of the molecule is CS(=O)(=O)Nc1ccc(S(=O)(=O)NC2CC3CCC(C2)N3)cc1F.Cl. The van der Waals surface area contributed by atoms with Gasteiger partial charge in [0, 0.05) is 18.1 Å². The molecule has 0 amide bonds. The summed E-state index contributed by atoms with van der Waals surface area (Å²) in [6.45, 7) is 0. The standard InChI is InChI=1S/C14H20FN3O4S2.ClH/c1-23(19,20)18-14-5-4-12(8-13(14)15)24(21,22)17-11-6-9-2-3-10(7-11)16-9;/h4-5,8-11,16-18H,2-3,6-7H2,1H3;1H. The summed E-state index contributed by atoms with van der Waals surface area (Å²) in [5.74, 6) is -0.936. The lowest BCUT2D eigenvalue weighted by molar-refractivity contribution is 0.345. The van der Waals surface area contributed by atoms with Crippen LogP contribution in [0.15, 0.2) is 23.1 Å². The van der Waals surface area contributed by atoms with E-state index in [0.717, 1.165) is 31.2 Å². The minimum atomic E-state index is -3.86. The molecule has 3 N–H and O–H groups in total. The maximum atomic E-state index is 14.0. The molecule has 1 aromatic rings. The zero-order chi connectivity index (χ0) is 17.5. The quantitative estimate of drug-likeness (QED) is 0.672. The Bertz CT molecular complexity index is 836. The molecule has 2 bridgehead atoms. The number of rotatable bonds is 5. The van der Waals surface area contributed by atoms with Crippen molar-refractivity contribution in [2.75, 3.05) is 11.0 Å². The fourth-order valence-corrected chi connectivity index (χ4v) is 5.22. The van der Waals surface area contributed by atoms with Crippen LogP contribution in [-0.4, -0.2) is 41.2 Å². The Kier molecular flexibility index (Phi) is 5.99. The molecule has 142 valence electrons. The highest BCUT2D eigenvalue weighted by Crippen LogP contribution is 2.28. The number of benzene rings is 1. The molecule has 2 saturated heterocycles. The highest BCUT2D eigenvalue weighted by atomic mass is 35.5. The highest BCUT2D eigenvalue weighted by Gasteiger charge is 2.35. The van der Waals surface area contributed by atoms with E-state index in [-0.39, 0.29) is 29.0 Å². The van der Waals surface area contributed by atoms with E-state index in [1.807, 2.05) is 4.72 Å². The van der Waals surface area contributed by atoms with Crippen molar-refractivity contribution in [1.82, 2.24) is 10.0 Å². The second kappa shape index (κ2) is 7.36. The van der Waals surface area contributed by atoms with E-state index in [9.17, 15) is 21.2 Å². The number of halogens is 2. The summed E-state index contributed by atoms with van der Waals surface area (Å²) in [6, 6.07) is 3.60. The summed E-state index contributed by atoms with van der Waals surface area (Å²) in [6.07, 6.45) is 4.41. The summed E-state index contributed by atoms with van der Waals surface area (Å²) in [5, 5.41) is 3.42. The Morgan fingerprint density at radius 1 is 1.12 bits per heavy atom. The molecule has 2 atom stereocenters. The maximum Gasteiger partial charge on any atom is 0.240 e. The maximum absolute atomic E-state index is 14.0. The van der Waals surface area contributed by atoms with Crippen molar-refractivity contribution in [3.63, 3.8) is 0 Å². The first-order chi connectivity index (χ1) is 11.1. The Balaban J connectivity index is 0.00000225. The lowest BCUT2D eigenvalue weighted by atomic mass is 10.0.